The molecule has 0 bridgehead atoms. The Hall–Kier alpha value is -0.570. The molecule has 0 spiro atoms. The van der Waals surface area contributed by atoms with E-state index in [-0.39, 0.29) is 0 Å². The predicted octanol–water partition coefficient (Wildman–Crippen LogP) is 4.05. The van der Waals surface area contributed by atoms with E-state index in [1.807, 2.05) is 5.38 Å². The number of anilines is 1. The number of hydrogen-bond donors (Lipinski definition) is 1. The molecule has 0 amide bonds. The number of nitrogens with two attached hydrogens (primary N) is 1. The Labute approximate surface area is 102 Å². The largest absolute Gasteiger partial charge is 0.383 e. The van der Waals surface area contributed by atoms with Crippen molar-refractivity contribution in [1.29, 1.82) is 0 Å². The van der Waals surface area contributed by atoms with E-state index in [9.17, 15) is 0 Å². The summed E-state index contributed by atoms with van der Waals surface area (Å²) in [5, 5.41) is 3.22. The van der Waals surface area contributed by atoms with Crippen LogP contribution in [0.4, 0.5) is 5.82 Å². The van der Waals surface area contributed by atoms with Gasteiger partial charge in [0.2, 0.25) is 0 Å². The molecule has 2 N–H and O–H groups in total. The van der Waals surface area contributed by atoms with Gasteiger partial charge in [0.05, 0.1) is 5.01 Å². The molecule has 1 saturated carbocycles. The van der Waals surface area contributed by atoms with Crippen LogP contribution in [0.25, 0.3) is 0 Å². The molecule has 1 aliphatic rings. The summed E-state index contributed by atoms with van der Waals surface area (Å²) in [5.74, 6) is 2.24. The van der Waals surface area contributed by atoms with Crippen molar-refractivity contribution in [2.75, 3.05) is 5.73 Å². The topological polar surface area (TPSA) is 38.9 Å². The molecule has 0 radical (unpaired) electrons. The van der Waals surface area contributed by atoms with Gasteiger partial charge in [0.15, 0.2) is 0 Å². The average Bonchev–Trinajstić information content (AvgIpc) is 2.64. The van der Waals surface area contributed by atoms with Gasteiger partial charge in [0, 0.05) is 11.3 Å². The molecule has 0 aliphatic heterocycles. The van der Waals surface area contributed by atoms with Crippen molar-refractivity contribution in [3.8, 4) is 0 Å². The summed E-state index contributed by atoms with van der Waals surface area (Å²) < 4.78 is 0. The fourth-order valence-corrected chi connectivity index (χ4v) is 3.58. The molecule has 1 aromatic rings. The molecule has 90 valence electrons. The second kappa shape index (κ2) is 4.36. The first-order chi connectivity index (χ1) is 7.47. The molecule has 0 unspecified atom stereocenters. The van der Waals surface area contributed by atoms with Crippen LogP contribution < -0.4 is 5.73 Å². The maximum atomic E-state index is 5.68. The van der Waals surface area contributed by atoms with Crippen LogP contribution in [-0.2, 0) is 0 Å². The lowest BCUT2D eigenvalue weighted by molar-refractivity contribution is 0.169. The van der Waals surface area contributed by atoms with Crippen molar-refractivity contribution in [3.63, 3.8) is 0 Å². The first-order valence-corrected chi connectivity index (χ1v) is 7.05. The van der Waals surface area contributed by atoms with Crippen LogP contribution in [0, 0.1) is 11.3 Å². The Morgan fingerprint density at radius 1 is 1.25 bits per heavy atom. The molecule has 16 heavy (non-hydrogen) atoms. The number of thiazole rings is 1. The molecule has 0 atom stereocenters. The van der Waals surface area contributed by atoms with E-state index in [1.54, 1.807) is 11.3 Å². The van der Waals surface area contributed by atoms with Crippen molar-refractivity contribution in [1.82, 2.24) is 4.98 Å². The zero-order valence-corrected chi connectivity index (χ0v) is 11.3. The van der Waals surface area contributed by atoms with Gasteiger partial charge in [-0.1, -0.05) is 20.8 Å². The molecule has 2 rings (SSSR count). The van der Waals surface area contributed by atoms with Crippen LogP contribution in [0.3, 0.4) is 0 Å². The molecule has 1 fully saturated rings. The Bertz CT molecular complexity index is 343. The smallest absolute Gasteiger partial charge is 0.134 e. The standard InChI is InChI=1S/C13H22N2S/c1-13(2,3)10-6-4-9(5-7-10)12-15-11(14)8-16-12/h8-10H,4-7,14H2,1-3H3. The van der Waals surface area contributed by atoms with E-state index in [0.717, 1.165) is 5.92 Å². The van der Waals surface area contributed by atoms with Gasteiger partial charge < -0.3 is 5.73 Å². The zero-order chi connectivity index (χ0) is 11.8. The van der Waals surface area contributed by atoms with Crippen LogP contribution in [0.15, 0.2) is 5.38 Å². The number of nitrogen functional groups attached to an aromatic ring is 1. The summed E-state index contributed by atoms with van der Waals surface area (Å²) in [6, 6.07) is 0. The molecule has 1 heterocycles. The average molecular weight is 238 g/mol. The number of rotatable bonds is 1. The number of aromatic nitrogens is 1. The van der Waals surface area contributed by atoms with E-state index >= 15 is 0 Å². The van der Waals surface area contributed by atoms with Crippen molar-refractivity contribution in [2.45, 2.75) is 52.4 Å². The molecule has 1 aromatic heterocycles. The highest BCUT2D eigenvalue weighted by Gasteiger charge is 2.31. The van der Waals surface area contributed by atoms with Crippen molar-refractivity contribution in [3.05, 3.63) is 10.4 Å². The summed E-state index contributed by atoms with van der Waals surface area (Å²) in [6.45, 7) is 7.08. The number of nitrogens with zero attached hydrogens (tertiary/aromatic N) is 1. The van der Waals surface area contributed by atoms with Gasteiger partial charge in [-0.25, -0.2) is 4.98 Å². The fraction of sp³-hybridized carbons (Fsp3) is 0.769. The van der Waals surface area contributed by atoms with Gasteiger partial charge in [-0.3, -0.25) is 0 Å². The summed E-state index contributed by atoms with van der Waals surface area (Å²) in [7, 11) is 0. The molecule has 2 nitrogen and oxygen atoms in total. The number of hydrogen-bond acceptors (Lipinski definition) is 3. The van der Waals surface area contributed by atoms with Crippen LogP contribution in [0.5, 0.6) is 0 Å². The summed E-state index contributed by atoms with van der Waals surface area (Å²) >= 11 is 1.73. The highest BCUT2D eigenvalue weighted by molar-refractivity contribution is 7.10. The van der Waals surface area contributed by atoms with E-state index in [1.165, 1.54) is 30.7 Å². The first kappa shape index (κ1) is 11.9. The minimum absolute atomic E-state index is 0.465. The lowest BCUT2D eigenvalue weighted by Crippen LogP contribution is -2.25. The third-order valence-corrected chi connectivity index (χ3v) is 4.87. The molecule has 1 aliphatic carbocycles. The molecule has 0 aromatic carbocycles. The summed E-state index contributed by atoms with van der Waals surface area (Å²) in [5.41, 5.74) is 6.15. The molecular weight excluding hydrogens is 216 g/mol. The molecule has 3 heteroatoms. The zero-order valence-electron chi connectivity index (χ0n) is 10.5. The Kier molecular flexibility index (Phi) is 3.24. The van der Waals surface area contributed by atoms with Crippen molar-refractivity contribution in [2.24, 2.45) is 11.3 Å². The normalized spacial score (nSPS) is 26.9. The molecule has 0 saturated heterocycles. The van der Waals surface area contributed by atoms with Crippen molar-refractivity contribution < 1.29 is 0 Å². The monoisotopic (exact) mass is 238 g/mol. The van der Waals surface area contributed by atoms with Gasteiger partial charge in [0.25, 0.3) is 0 Å². The quantitative estimate of drug-likeness (QED) is 0.801. The SMILES string of the molecule is CC(C)(C)C1CCC(c2nc(N)cs2)CC1. The molecular formula is C13H22N2S. The van der Waals surface area contributed by atoms with Crippen LogP contribution >= 0.6 is 11.3 Å². The third kappa shape index (κ3) is 2.57. The Morgan fingerprint density at radius 2 is 1.88 bits per heavy atom. The van der Waals surface area contributed by atoms with Gasteiger partial charge in [-0.05, 0) is 37.0 Å². The fourth-order valence-electron chi connectivity index (χ4n) is 2.69. The van der Waals surface area contributed by atoms with Gasteiger partial charge in [-0.2, -0.15) is 0 Å². The lowest BCUT2D eigenvalue weighted by atomic mass is 9.70. The highest BCUT2D eigenvalue weighted by Crippen LogP contribution is 2.43. The Balaban J connectivity index is 1.95. The van der Waals surface area contributed by atoms with E-state index in [0.29, 0.717) is 17.2 Å². The summed E-state index contributed by atoms with van der Waals surface area (Å²) in [4.78, 5) is 4.42. The Morgan fingerprint density at radius 3 is 2.31 bits per heavy atom. The maximum Gasteiger partial charge on any atom is 0.134 e. The van der Waals surface area contributed by atoms with Gasteiger partial charge in [0.1, 0.15) is 5.82 Å². The highest BCUT2D eigenvalue weighted by atomic mass is 32.1. The maximum absolute atomic E-state index is 5.68. The van der Waals surface area contributed by atoms with Crippen LogP contribution in [0.2, 0.25) is 0 Å². The van der Waals surface area contributed by atoms with Gasteiger partial charge >= 0.3 is 0 Å². The van der Waals surface area contributed by atoms with E-state index in [2.05, 4.69) is 25.8 Å². The predicted molar refractivity (Wildman–Crippen MR) is 70.7 cm³/mol. The first-order valence-electron chi connectivity index (χ1n) is 6.17. The van der Waals surface area contributed by atoms with E-state index in [4.69, 9.17) is 5.73 Å². The summed E-state index contributed by atoms with van der Waals surface area (Å²) in [6.07, 6.45) is 5.26. The second-order valence-corrected chi connectivity index (χ2v) is 6.91. The second-order valence-electron chi connectivity index (χ2n) is 6.03. The van der Waals surface area contributed by atoms with Gasteiger partial charge in [-0.15, -0.1) is 11.3 Å². The minimum Gasteiger partial charge on any atom is -0.383 e. The lowest BCUT2D eigenvalue weighted by Gasteiger charge is -2.36. The minimum atomic E-state index is 0.465. The third-order valence-electron chi connectivity index (χ3n) is 3.84. The van der Waals surface area contributed by atoms with Crippen LogP contribution in [-0.4, -0.2) is 4.98 Å². The van der Waals surface area contributed by atoms with Crippen LogP contribution in [0.1, 0.15) is 57.4 Å². The van der Waals surface area contributed by atoms with Crippen molar-refractivity contribution >= 4 is 17.2 Å². The van der Waals surface area contributed by atoms with E-state index < -0.39 is 0 Å².